The molecule has 0 fully saturated rings. The van der Waals surface area contributed by atoms with Crippen LogP contribution in [0, 0.1) is 0 Å². The van der Waals surface area contributed by atoms with E-state index >= 15 is 0 Å². The maximum atomic E-state index is 13.6. The first-order valence-corrected chi connectivity index (χ1v) is 14.5. The number of rotatable bonds is 8. The van der Waals surface area contributed by atoms with Crippen molar-refractivity contribution in [3.8, 4) is 11.1 Å². The number of ketones is 1. The van der Waals surface area contributed by atoms with E-state index in [1.807, 2.05) is 0 Å². The van der Waals surface area contributed by atoms with Crippen LogP contribution in [0.15, 0.2) is 83.8 Å². The van der Waals surface area contributed by atoms with Crippen LogP contribution in [0.2, 0.25) is 5.02 Å². The Morgan fingerprint density at radius 2 is 1.64 bits per heavy atom. The van der Waals surface area contributed by atoms with E-state index in [9.17, 15) is 31.2 Å². The number of hydrogen-bond acceptors (Lipinski definition) is 5. The molecule has 0 bridgehead atoms. The molecule has 0 radical (unpaired) electrons. The van der Waals surface area contributed by atoms with E-state index in [4.69, 9.17) is 11.6 Å². The molecule has 0 aliphatic heterocycles. The van der Waals surface area contributed by atoms with Crippen LogP contribution in [0.4, 0.5) is 18.2 Å². The Labute approximate surface area is 232 Å². The molecule has 0 saturated heterocycles. The quantitative estimate of drug-likeness (QED) is 0.218. The topological polar surface area (TPSA) is 80.3 Å². The molecule has 0 spiro atoms. The van der Waals surface area contributed by atoms with Gasteiger partial charge in [-0.15, -0.1) is 11.3 Å². The molecule has 0 saturated carbocycles. The molecule has 0 aliphatic carbocycles. The average molecular weight is 592 g/mol. The van der Waals surface area contributed by atoms with E-state index in [1.165, 1.54) is 49.4 Å². The van der Waals surface area contributed by atoms with E-state index in [0.29, 0.717) is 21.7 Å². The lowest BCUT2D eigenvalue weighted by Crippen LogP contribution is -2.14. The molecule has 1 aromatic heterocycles. The van der Waals surface area contributed by atoms with Crippen molar-refractivity contribution in [1.82, 2.24) is 0 Å². The summed E-state index contributed by atoms with van der Waals surface area (Å²) in [6.07, 6.45) is -4.82. The summed E-state index contributed by atoms with van der Waals surface area (Å²) in [6.45, 7) is 1.54. The third kappa shape index (κ3) is 6.58. The zero-order valence-corrected chi connectivity index (χ0v) is 22.8. The fourth-order valence-electron chi connectivity index (χ4n) is 3.89. The molecule has 4 rings (SSSR count). The number of carbonyl (C=O) groups is 2. The molecule has 0 atom stereocenters. The number of alkyl halides is 3. The lowest BCUT2D eigenvalue weighted by molar-refractivity contribution is -0.137. The molecule has 1 amide bonds. The van der Waals surface area contributed by atoms with Gasteiger partial charge < -0.3 is 5.32 Å². The average Bonchev–Trinajstić information content (AvgIpc) is 3.31. The highest BCUT2D eigenvalue weighted by Gasteiger charge is 2.36. The van der Waals surface area contributed by atoms with Crippen LogP contribution in [0.25, 0.3) is 11.1 Å². The van der Waals surface area contributed by atoms with Gasteiger partial charge in [0.25, 0.3) is 0 Å². The van der Waals surface area contributed by atoms with Gasteiger partial charge in [0.05, 0.1) is 32.5 Å². The first-order valence-electron chi connectivity index (χ1n) is 11.6. The number of nitrogens with one attached hydrogen (secondary N) is 1. The number of benzene rings is 3. The number of anilines is 1. The van der Waals surface area contributed by atoms with Crippen LogP contribution in [-0.4, -0.2) is 25.9 Å². The summed E-state index contributed by atoms with van der Waals surface area (Å²) in [4.78, 5) is 26.4. The zero-order valence-electron chi connectivity index (χ0n) is 20.4. The summed E-state index contributed by atoms with van der Waals surface area (Å²) in [5, 5.41) is 3.32. The minimum absolute atomic E-state index is 0.0124. The van der Waals surface area contributed by atoms with Crippen molar-refractivity contribution in [2.45, 2.75) is 24.4 Å². The molecule has 3 aromatic carbocycles. The van der Waals surface area contributed by atoms with Crippen LogP contribution >= 0.6 is 22.9 Å². The molecule has 0 aliphatic rings. The Hall–Kier alpha value is -3.47. The molecule has 202 valence electrons. The standard InChI is InChI=1S/C28H21ClF3NO4S2/c1-2-39(36,37)20-12-10-17(11-13-20)14-24(34)33-25-16-22(18-6-5-7-19(29)15-18)27(38-25)26(35)21-8-3-4-9-23(21)28(30,31)32/h3-13,15-16H,2,14H2,1H3,(H,33,34). The number of hydrogen-bond donors (Lipinski definition) is 1. The molecule has 1 heterocycles. The van der Waals surface area contributed by atoms with E-state index in [-0.39, 0.29) is 26.9 Å². The number of carbonyl (C=O) groups excluding carboxylic acids is 2. The van der Waals surface area contributed by atoms with Crippen molar-refractivity contribution in [3.05, 3.63) is 105 Å². The lowest BCUT2D eigenvalue weighted by atomic mass is 9.98. The third-order valence-electron chi connectivity index (χ3n) is 5.84. The minimum atomic E-state index is -4.73. The van der Waals surface area contributed by atoms with Crippen molar-refractivity contribution in [2.75, 3.05) is 11.1 Å². The van der Waals surface area contributed by atoms with Gasteiger partial charge in [-0.1, -0.05) is 61.0 Å². The number of sulfone groups is 1. The van der Waals surface area contributed by atoms with Gasteiger partial charge in [-0.2, -0.15) is 13.2 Å². The van der Waals surface area contributed by atoms with Gasteiger partial charge in [-0.3, -0.25) is 9.59 Å². The third-order valence-corrected chi connectivity index (χ3v) is 8.88. The first kappa shape index (κ1) is 28.5. The maximum Gasteiger partial charge on any atom is 0.417 e. The molecular weight excluding hydrogens is 571 g/mol. The van der Waals surface area contributed by atoms with Crippen LogP contribution in [0.3, 0.4) is 0 Å². The van der Waals surface area contributed by atoms with E-state index < -0.39 is 38.8 Å². The number of halogens is 4. The van der Waals surface area contributed by atoms with Gasteiger partial charge in [0.15, 0.2) is 9.84 Å². The van der Waals surface area contributed by atoms with Gasteiger partial charge in [0.2, 0.25) is 11.7 Å². The SMILES string of the molecule is CCS(=O)(=O)c1ccc(CC(=O)Nc2cc(-c3cccc(Cl)c3)c(C(=O)c3ccccc3C(F)(F)F)s2)cc1. The fourth-order valence-corrected chi connectivity index (χ4v) is 6.02. The van der Waals surface area contributed by atoms with E-state index in [0.717, 1.165) is 23.5 Å². The second-order valence-corrected chi connectivity index (χ2v) is 12.3. The molecule has 0 unspecified atom stereocenters. The molecular formula is C28H21ClF3NO4S2. The highest BCUT2D eigenvalue weighted by molar-refractivity contribution is 7.91. The first-order chi connectivity index (χ1) is 18.4. The summed E-state index contributed by atoms with van der Waals surface area (Å²) in [5.74, 6) is -1.33. The van der Waals surface area contributed by atoms with Gasteiger partial charge in [-0.25, -0.2) is 8.42 Å². The van der Waals surface area contributed by atoms with Crippen molar-refractivity contribution >= 4 is 49.5 Å². The summed E-state index contributed by atoms with van der Waals surface area (Å²) in [6, 6.07) is 18.5. The molecule has 1 N–H and O–H groups in total. The fraction of sp³-hybridized carbons (Fsp3) is 0.143. The van der Waals surface area contributed by atoms with Crippen LogP contribution in [0.1, 0.15) is 33.3 Å². The van der Waals surface area contributed by atoms with Crippen molar-refractivity contribution in [2.24, 2.45) is 0 Å². The summed E-state index contributed by atoms with van der Waals surface area (Å²) < 4.78 is 64.9. The molecule has 11 heteroatoms. The predicted molar refractivity (Wildman–Crippen MR) is 146 cm³/mol. The summed E-state index contributed by atoms with van der Waals surface area (Å²) in [7, 11) is -3.38. The van der Waals surface area contributed by atoms with Gasteiger partial charge in [-0.05, 0) is 47.5 Å². The second-order valence-electron chi connectivity index (χ2n) is 8.51. The zero-order chi connectivity index (χ0) is 28.4. The highest BCUT2D eigenvalue weighted by Crippen LogP contribution is 2.39. The van der Waals surface area contributed by atoms with Crippen molar-refractivity contribution in [3.63, 3.8) is 0 Å². The summed E-state index contributed by atoms with van der Waals surface area (Å²) in [5.41, 5.74) is -0.173. The molecule has 5 nitrogen and oxygen atoms in total. The maximum absolute atomic E-state index is 13.6. The normalized spacial score (nSPS) is 11.8. The van der Waals surface area contributed by atoms with Crippen LogP contribution < -0.4 is 5.32 Å². The Morgan fingerprint density at radius 1 is 0.949 bits per heavy atom. The minimum Gasteiger partial charge on any atom is -0.317 e. The Balaban J connectivity index is 1.66. The number of amides is 1. The van der Waals surface area contributed by atoms with Gasteiger partial charge >= 0.3 is 6.18 Å². The number of thiophene rings is 1. The Bertz CT molecular complexity index is 1650. The van der Waals surface area contributed by atoms with Crippen LogP contribution in [-0.2, 0) is 27.2 Å². The second kappa shape index (κ2) is 11.3. The van der Waals surface area contributed by atoms with Gasteiger partial charge in [0, 0.05) is 16.1 Å². The lowest BCUT2D eigenvalue weighted by Gasteiger charge is -2.12. The van der Waals surface area contributed by atoms with Crippen molar-refractivity contribution < 1.29 is 31.2 Å². The highest BCUT2D eigenvalue weighted by atomic mass is 35.5. The summed E-state index contributed by atoms with van der Waals surface area (Å²) >= 11 is 6.98. The Morgan fingerprint density at radius 3 is 2.28 bits per heavy atom. The molecule has 39 heavy (non-hydrogen) atoms. The van der Waals surface area contributed by atoms with Gasteiger partial charge in [0.1, 0.15) is 0 Å². The monoisotopic (exact) mass is 591 g/mol. The predicted octanol–water partition coefficient (Wildman–Crippen LogP) is 7.29. The van der Waals surface area contributed by atoms with E-state index in [2.05, 4.69) is 5.32 Å². The molecule has 4 aromatic rings. The van der Waals surface area contributed by atoms with Crippen LogP contribution in [0.5, 0.6) is 0 Å². The Kier molecular flexibility index (Phi) is 8.29. The smallest absolute Gasteiger partial charge is 0.317 e. The van der Waals surface area contributed by atoms with E-state index in [1.54, 1.807) is 24.3 Å². The van der Waals surface area contributed by atoms with Crippen molar-refractivity contribution in [1.29, 1.82) is 0 Å². The largest absolute Gasteiger partial charge is 0.417 e.